The van der Waals surface area contributed by atoms with Crippen LogP contribution in [0.25, 0.3) is 0 Å². The summed E-state index contributed by atoms with van der Waals surface area (Å²) in [6.45, 7) is 10.6. The summed E-state index contributed by atoms with van der Waals surface area (Å²) in [6, 6.07) is 0. The van der Waals surface area contributed by atoms with Gasteiger partial charge in [-0.05, 0) is 12.8 Å². The first-order valence-electron chi connectivity index (χ1n) is 9.66. The molecule has 0 spiro atoms. The first kappa shape index (κ1) is 21.7. The summed E-state index contributed by atoms with van der Waals surface area (Å²) in [7, 11) is 1.16. The predicted octanol–water partition coefficient (Wildman–Crippen LogP) is 0.671. The van der Waals surface area contributed by atoms with Crippen LogP contribution < -0.4 is 5.32 Å². The average Bonchev–Trinajstić information content (AvgIpc) is 2.96. The van der Waals surface area contributed by atoms with Gasteiger partial charge in [-0.2, -0.15) is 5.10 Å². The Morgan fingerprint density at radius 1 is 1.37 bits per heavy atom. The molecule has 2 rings (SSSR count). The molecule has 0 amide bonds. The zero-order chi connectivity index (χ0) is 20.0. The van der Waals surface area contributed by atoms with E-state index >= 15 is 0 Å². The largest absolute Gasteiger partial charge is 0.357 e. The molecule has 1 aliphatic heterocycles. The summed E-state index contributed by atoms with van der Waals surface area (Å²) >= 11 is 0. The standard InChI is InChI=1S/C18H34N6O2S/c1-6-19-18(20-7-8-24-9-11-27(25,26)12-10-24)22(4)13-16-14-23(5)21-17(16)15(2)3/h14-15H,6-13H2,1-5H3,(H,19,20). The number of nitrogens with zero attached hydrogens (tertiary/aromatic N) is 5. The van der Waals surface area contributed by atoms with Crippen molar-refractivity contribution in [3.05, 3.63) is 17.5 Å². The van der Waals surface area contributed by atoms with Crippen LogP contribution in [0.1, 0.15) is 37.9 Å². The van der Waals surface area contributed by atoms with Gasteiger partial charge in [-0.15, -0.1) is 0 Å². The number of hydrogen-bond donors (Lipinski definition) is 1. The first-order chi connectivity index (χ1) is 12.7. The molecule has 0 saturated carbocycles. The second kappa shape index (κ2) is 9.54. The molecule has 1 saturated heterocycles. The minimum Gasteiger partial charge on any atom is -0.357 e. The van der Waals surface area contributed by atoms with E-state index in [1.165, 1.54) is 5.56 Å². The monoisotopic (exact) mass is 398 g/mol. The van der Waals surface area contributed by atoms with Crippen molar-refractivity contribution in [3.8, 4) is 0 Å². The van der Waals surface area contributed by atoms with Gasteiger partial charge in [-0.25, -0.2) is 8.42 Å². The maximum atomic E-state index is 11.5. The van der Waals surface area contributed by atoms with Crippen LogP contribution in [0.5, 0.6) is 0 Å². The molecule has 8 nitrogen and oxygen atoms in total. The van der Waals surface area contributed by atoms with E-state index in [1.54, 1.807) is 0 Å². The fraction of sp³-hybridized carbons (Fsp3) is 0.778. The Kier molecular flexibility index (Phi) is 7.67. The molecule has 27 heavy (non-hydrogen) atoms. The number of nitrogens with one attached hydrogen (secondary N) is 1. The third kappa shape index (κ3) is 6.49. The lowest BCUT2D eigenvalue weighted by Gasteiger charge is -2.26. The molecule has 0 aliphatic carbocycles. The second-order valence-electron chi connectivity index (χ2n) is 7.45. The molecule has 1 N–H and O–H groups in total. The third-order valence-electron chi connectivity index (χ3n) is 4.70. The lowest BCUT2D eigenvalue weighted by atomic mass is 10.1. The topological polar surface area (TPSA) is 82.8 Å². The molecule has 1 aliphatic rings. The highest BCUT2D eigenvalue weighted by molar-refractivity contribution is 7.91. The van der Waals surface area contributed by atoms with E-state index in [0.717, 1.165) is 31.3 Å². The van der Waals surface area contributed by atoms with Gasteiger partial charge < -0.3 is 10.2 Å². The van der Waals surface area contributed by atoms with Crippen LogP contribution in [0.4, 0.5) is 0 Å². The SMILES string of the molecule is CCNC(=NCCN1CCS(=O)(=O)CC1)N(C)Cc1cn(C)nc1C(C)C. The van der Waals surface area contributed by atoms with Crippen LogP contribution in [-0.2, 0) is 23.4 Å². The van der Waals surface area contributed by atoms with Gasteiger partial charge in [0.1, 0.15) is 0 Å². The van der Waals surface area contributed by atoms with Crippen molar-refractivity contribution >= 4 is 15.8 Å². The fourth-order valence-corrected chi connectivity index (χ4v) is 4.51. The minimum absolute atomic E-state index is 0.260. The smallest absolute Gasteiger partial charge is 0.194 e. The van der Waals surface area contributed by atoms with Gasteiger partial charge in [-0.3, -0.25) is 14.6 Å². The molecule has 0 bridgehead atoms. The molecule has 1 fully saturated rings. The first-order valence-corrected chi connectivity index (χ1v) is 11.5. The van der Waals surface area contributed by atoms with Crippen molar-refractivity contribution in [3.63, 3.8) is 0 Å². The van der Waals surface area contributed by atoms with Crippen LogP contribution >= 0.6 is 0 Å². The number of hydrogen-bond acceptors (Lipinski definition) is 5. The Morgan fingerprint density at radius 2 is 2.04 bits per heavy atom. The normalized spacial score (nSPS) is 18.1. The fourth-order valence-electron chi connectivity index (χ4n) is 3.23. The van der Waals surface area contributed by atoms with Gasteiger partial charge in [0.2, 0.25) is 0 Å². The van der Waals surface area contributed by atoms with Gasteiger partial charge in [0.05, 0.1) is 23.7 Å². The van der Waals surface area contributed by atoms with E-state index in [2.05, 4.69) is 47.2 Å². The minimum atomic E-state index is -2.83. The van der Waals surface area contributed by atoms with E-state index in [1.807, 2.05) is 18.8 Å². The third-order valence-corrected chi connectivity index (χ3v) is 6.31. The number of aliphatic imine (C=N–C) groups is 1. The highest BCUT2D eigenvalue weighted by Crippen LogP contribution is 2.18. The van der Waals surface area contributed by atoms with Gasteiger partial charge >= 0.3 is 0 Å². The molecule has 9 heteroatoms. The van der Waals surface area contributed by atoms with Crippen LogP contribution in [-0.4, -0.2) is 85.2 Å². The Morgan fingerprint density at radius 3 is 2.63 bits per heavy atom. The van der Waals surface area contributed by atoms with Crippen molar-refractivity contribution < 1.29 is 8.42 Å². The number of guanidine groups is 1. The summed E-state index contributed by atoms with van der Waals surface area (Å²) in [5, 5.41) is 7.92. The number of aromatic nitrogens is 2. The highest BCUT2D eigenvalue weighted by atomic mass is 32.2. The highest BCUT2D eigenvalue weighted by Gasteiger charge is 2.21. The quantitative estimate of drug-likeness (QED) is 0.537. The van der Waals surface area contributed by atoms with Gasteiger partial charge in [0, 0.05) is 58.6 Å². The predicted molar refractivity (Wildman–Crippen MR) is 110 cm³/mol. The van der Waals surface area contributed by atoms with Crippen LogP contribution in [0.15, 0.2) is 11.2 Å². The van der Waals surface area contributed by atoms with Gasteiger partial charge in [0.25, 0.3) is 0 Å². The van der Waals surface area contributed by atoms with Crippen molar-refractivity contribution in [2.45, 2.75) is 33.2 Å². The summed E-state index contributed by atoms with van der Waals surface area (Å²) in [6.07, 6.45) is 2.07. The second-order valence-corrected chi connectivity index (χ2v) is 9.76. The van der Waals surface area contributed by atoms with Gasteiger partial charge in [-0.1, -0.05) is 13.8 Å². The molecule has 0 unspecified atom stereocenters. The lowest BCUT2D eigenvalue weighted by Crippen LogP contribution is -2.42. The number of sulfone groups is 1. The Labute approximate surface area is 163 Å². The van der Waals surface area contributed by atoms with Gasteiger partial charge in [0.15, 0.2) is 15.8 Å². The van der Waals surface area contributed by atoms with Crippen LogP contribution in [0.3, 0.4) is 0 Å². The maximum absolute atomic E-state index is 11.5. The zero-order valence-corrected chi connectivity index (χ0v) is 18.1. The average molecular weight is 399 g/mol. The molecular formula is C18H34N6O2S. The Hall–Kier alpha value is -1.61. The Balaban J connectivity index is 1.96. The van der Waals surface area contributed by atoms with E-state index in [0.29, 0.717) is 25.6 Å². The van der Waals surface area contributed by atoms with E-state index in [9.17, 15) is 8.42 Å². The molecule has 0 atom stereocenters. The van der Waals surface area contributed by atoms with Crippen LogP contribution in [0, 0.1) is 0 Å². The van der Waals surface area contributed by atoms with Crippen molar-refractivity contribution in [2.24, 2.45) is 12.0 Å². The number of rotatable bonds is 7. The van der Waals surface area contributed by atoms with Crippen LogP contribution in [0.2, 0.25) is 0 Å². The summed E-state index contributed by atoms with van der Waals surface area (Å²) in [4.78, 5) is 9.03. The van der Waals surface area contributed by atoms with E-state index in [4.69, 9.17) is 4.99 Å². The van der Waals surface area contributed by atoms with Crippen molar-refractivity contribution in [1.29, 1.82) is 0 Å². The molecule has 1 aromatic rings. The molecule has 1 aromatic heterocycles. The zero-order valence-electron chi connectivity index (χ0n) is 17.3. The van der Waals surface area contributed by atoms with Crippen molar-refractivity contribution in [1.82, 2.24) is 24.9 Å². The molecular weight excluding hydrogens is 364 g/mol. The summed E-state index contributed by atoms with van der Waals surface area (Å²) in [5.41, 5.74) is 2.33. The molecule has 2 heterocycles. The maximum Gasteiger partial charge on any atom is 0.194 e. The lowest BCUT2D eigenvalue weighted by molar-refractivity contribution is 0.303. The van der Waals surface area contributed by atoms with Crippen molar-refractivity contribution in [2.75, 3.05) is 51.3 Å². The van der Waals surface area contributed by atoms with E-state index < -0.39 is 9.84 Å². The molecule has 0 aromatic carbocycles. The molecule has 154 valence electrons. The summed E-state index contributed by atoms with van der Waals surface area (Å²) < 4.78 is 24.9. The number of aryl methyl sites for hydroxylation is 1. The molecule has 0 radical (unpaired) electrons. The van der Waals surface area contributed by atoms with E-state index in [-0.39, 0.29) is 11.5 Å². The Bertz CT molecular complexity index is 727. The summed E-state index contributed by atoms with van der Waals surface area (Å²) in [5.74, 6) is 1.76.